The zero-order valence-corrected chi connectivity index (χ0v) is 17.5. The molecular formula is C20H24N2O5S2. The number of aliphatic hydroxyl groups excluding tert-OH is 1. The lowest BCUT2D eigenvalue weighted by Gasteiger charge is -2.26. The van der Waals surface area contributed by atoms with Gasteiger partial charge in [-0.05, 0) is 48.2 Å². The Morgan fingerprint density at radius 1 is 0.862 bits per heavy atom. The minimum atomic E-state index is -3.92. The van der Waals surface area contributed by atoms with Crippen molar-refractivity contribution in [2.24, 2.45) is 0 Å². The topological polar surface area (TPSA) is 104 Å². The van der Waals surface area contributed by atoms with Gasteiger partial charge in [0.25, 0.3) is 0 Å². The Kier molecular flexibility index (Phi) is 5.52. The van der Waals surface area contributed by atoms with Crippen molar-refractivity contribution in [1.82, 2.24) is 9.03 Å². The minimum absolute atomic E-state index is 0.0355. The molecule has 0 saturated carbocycles. The van der Waals surface area contributed by atoms with Gasteiger partial charge in [-0.25, -0.2) is 21.6 Å². The molecule has 0 radical (unpaired) electrons. The van der Waals surface area contributed by atoms with Crippen molar-refractivity contribution in [1.29, 1.82) is 0 Å². The van der Waals surface area contributed by atoms with Crippen molar-refractivity contribution in [3.8, 4) is 0 Å². The minimum Gasteiger partial charge on any atom is -0.391 e. The van der Waals surface area contributed by atoms with Gasteiger partial charge in [-0.15, -0.1) is 0 Å². The molecule has 29 heavy (non-hydrogen) atoms. The van der Waals surface area contributed by atoms with Crippen LogP contribution in [0.15, 0.2) is 58.3 Å². The largest absolute Gasteiger partial charge is 0.391 e. The third kappa shape index (κ3) is 3.97. The van der Waals surface area contributed by atoms with Gasteiger partial charge < -0.3 is 5.11 Å². The number of piperidine rings is 1. The SMILES string of the molecule is O=S(=O)(NC1c2ccccc2CC1O)c1ccc(S(=O)(=O)N2CCCCC2)cc1. The van der Waals surface area contributed by atoms with Crippen LogP contribution in [-0.4, -0.2) is 45.4 Å². The van der Waals surface area contributed by atoms with E-state index in [0.29, 0.717) is 19.5 Å². The van der Waals surface area contributed by atoms with Gasteiger partial charge in [-0.3, -0.25) is 0 Å². The molecule has 1 heterocycles. The number of nitrogens with one attached hydrogen (secondary N) is 1. The second-order valence-electron chi connectivity index (χ2n) is 7.51. The number of nitrogens with zero attached hydrogens (tertiary/aromatic N) is 1. The molecular weight excluding hydrogens is 412 g/mol. The Labute approximate surface area is 171 Å². The summed E-state index contributed by atoms with van der Waals surface area (Å²) in [5.74, 6) is 0. The number of rotatable bonds is 5. The van der Waals surface area contributed by atoms with Crippen molar-refractivity contribution in [3.63, 3.8) is 0 Å². The van der Waals surface area contributed by atoms with E-state index in [1.807, 2.05) is 12.1 Å². The summed E-state index contributed by atoms with van der Waals surface area (Å²) in [7, 11) is -7.54. The number of fused-ring (bicyclic) bond motifs is 1. The zero-order valence-electron chi connectivity index (χ0n) is 15.9. The fraction of sp³-hybridized carbons (Fsp3) is 0.400. The van der Waals surface area contributed by atoms with Gasteiger partial charge in [0.2, 0.25) is 20.0 Å². The van der Waals surface area contributed by atoms with Crippen molar-refractivity contribution >= 4 is 20.0 Å². The van der Waals surface area contributed by atoms with Crippen LogP contribution >= 0.6 is 0 Å². The third-order valence-electron chi connectivity index (χ3n) is 5.57. The molecule has 1 fully saturated rings. The fourth-order valence-corrected chi connectivity index (χ4v) is 6.76. The van der Waals surface area contributed by atoms with Gasteiger partial charge in [-0.1, -0.05) is 30.7 Å². The van der Waals surface area contributed by atoms with E-state index in [1.54, 1.807) is 12.1 Å². The molecule has 2 aromatic carbocycles. The van der Waals surface area contributed by atoms with Crippen molar-refractivity contribution < 1.29 is 21.9 Å². The molecule has 2 atom stereocenters. The predicted octanol–water partition coefficient (Wildman–Crippen LogP) is 1.80. The van der Waals surface area contributed by atoms with Gasteiger partial charge in [0.05, 0.1) is 21.9 Å². The smallest absolute Gasteiger partial charge is 0.243 e. The van der Waals surface area contributed by atoms with Crippen LogP contribution in [0, 0.1) is 0 Å². The van der Waals surface area contributed by atoms with Gasteiger partial charge in [0, 0.05) is 19.5 Å². The molecule has 7 nitrogen and oxygen atoms in total. The van der Waals surface area contributed by atoms with E-state index < -0.39 is 32.2 Å². The van der Waals surface area contributed by atoms with Crippen LogP contribution in [0.25, 0.3) is 0 Å². The average molecular weight is 437 g/mol. The first kappa shape index (κ1) is 20.5. The summed E-state index contributed by atoms with van der Waals surface area (Å²) in [6, 6.07) is 11.9. The highest BCUT2D eigenvalue weighted by Gasteiger charge is 2.34. The average Bonchev–Trinajstić information content (AvgIpc) is 3.03. The molecule has 1 aliphatic heterocycles. The third-order valence-corrected chi connectivity index (χ3v) is 8.94. The quantitative estimate of drug-likeness (QED) is 0.744. The lowest BCUT2D eigenvalue weighted by Crippen LogP contribution is -2.35. The maximum Gasteiger partial charge on any atom is 0.243 e. The molecule has 9 heteroatoms. The Balaban J connectivity index is 1.55. The van der Waals surface area contributed by atoms with Crippen LogP contribution in [0.1, 0.15) is 36.4 Å². The second kappa shape index (κ2) is 7.81. The zero-order chi connectivity index (χ0) is 20.6. The van der Waals surface area contributed by atoms with E-state index in [4.69, 9.17) is 0 Å². The summed E-state index contributed by atoms with van der Waals surface area (Å²) in [4.78, 5) is 0.0521. The molecule has 0 aromatic heterocycles. The molecule has 0 bridgehead atoms. The molecule has 4 rings (SSSR count). The normalized spacial score (nSPS) is 23.1. The molecule has 1 saturated heterocycles. The lowest BCUT2D eigenvalue weighted by molar-refractivity contribution is 0.151. The van der Waals surface area contributed by atoms with E-state index in [9.17, 15) is 21.9 Å². The Morgan fingerprint density at radius 2 is 1.48 bits per heavy atom. The standard InChI is InChI=1S/C20H24N2O5S2/c23-19-14-15-6-2-3-7-18(15)20(19)21-28(24,25)16-8-10-17(11-9-16)29(26,27)22-12-4-1-5-13-22/h2-3,6-11,19-21,23H,1,4-5,12-14H2. The monoisotopic (exact) mass is 436 g/mol. The van der Waals surface area contributed by atoms with Gasteiger partial charge in [0.1, 0.15) is 0 Å². The maximum atomic E-state index is 12.8. The second-order valence-corrected chi connectivity index (χ2v) is 11.2. The van der Waals surface area contributed by atoms with E-state index >= 15 is 0 Å². The molecule has 1 aliphatic carbocycles. The van der Waals surface area contributed by atoms with Crippen molar-refractivity contribution in [2.75, 3.05) is 13.1 Å². The van der Waals surface area contributed by atoms with Crippen LogP contribution in [0.3, 0.4) is 0 Å². The summed E-state index contributed by atoms with van der Waals surface area (Å²) in [5.41, 5.74) is 1.67. The molecule has 0 amide bonds. The van der Waals surface area contributed by atoms with Crippen LogP contribution in [0.2, 0.25) is 0 Å². The van der Waals surface area contributed by atoms with E-state index in [-0.39, 0.29) is 9.79 Å². The molecule has 2 aromatic rings. The Morgan fingerprint density at radius 3 is 2.17 bits per heavy atom. The maximum absolute atomic E-state index is 12.8. The van der Waals surface area contributed by atoms with E-state index in [1.165, 1.54) is 28.6 Å². The van der Waals surface area contributed by atoms with Gasteiger partial charge >= 0.3 is 0 Å². The summed E-state index contributed by atoms with van der Waals surface area (Å²) < 4.78 is 55.1. The lowest BCUT2D eigenvalue weighted by atomic mass is 10.1. The molecule has 2 N–H and O–H groups in total. The fourth-order valence-electron chi connectivity index (χ4n) is 4.00. The molecule has 2 unspecified atom stereocenters. The van der Waals surface area contributed by atoms with E-state index in [0.717, 1.165) is 30.4 Å². The first-order valence-electron chi connectivity index (χ1n) is 9.67. The molecule has 156 valence electrons. The number of benzene rings is 2. The highest BCUT2D eigenvalue weighted by atomic mass is 32.2. The first-order chi connectivity index (χ1) is 13.8. The van der Waals surface area contributed by atoms with Crippen LogP contribution in [-0.2, 0) is 26.5 Å². The summed E-state index contributed by atoms with van der Waals surface area (Å²) in [6.07, 6.45) is 2.23. The first-order valence-corrected chi connectivity index (χ1v) is 12.6. The summed E-state index contributed by atoms with van der Waals surface area (Å²) in [6.45, 7) is 0.978. The Bertz CT molecular complexity index is 1090. The predicted molar refractivity (Wildman–Crippen MR) is 108 cm³/mol. The van der Waals surface area contributed by atoms with Crippen molar-refractivity contribution in [2.45, 2.75) is 47.6 Å². The van der Waals surface area contributed by atoms with Crippen LogP contribution < -0.4 is 4.72 Å². The molecule has 0 spiro atoms. The van der Waals surface area contributed by atoms with Crippen LogP contribution in [0.4, 0.5) is 0 Å². The number of hydrogen-bond donors (Lipinski definition) is 2. The number of sulfonamides is 2. The Hall–Kier alpha value is -1.78. The summed E-state index contributed by atoms with van der Waals surface area (Å²) in [5, 5.41) is 10.3. The highest BCUT2D eigenvalue weighted by Crippen LogP contribution is 2.32. The van der Waals surface area contributed by atoms with Gasteiger partial charge in [0.15, 0.2) is 0 Å². The van der Waals surface area contributed by atoms with E-state index in [2.05, 4.69) is 4.72 Å². The number of hydrogen-bond acceptors (Lipinski definition) is 5. The highest BCUT2D eigenvalue weighted by molar-refractivity contribution is 7.89. The van der Waals surface area contributed by atoms with Crippen molar-refractivity contribution in [3.05, 3.63) is 59.7 Å². The van der Waals surface area contributed by atoms with Crippen LogP contribution in [0.5, 0.6) is 0 Å². The number of aliphatic hydroxyl groups is 1. The van der Waals surface area contributed by atoms with Gasteiger partial charge in [-0.2, -0.15) is 4.31 Å². The molecule has 2 aliphatic rings. The summed E-state index contributed by atoms with van der Waals surface area (Å²) >= 11 is 0.